The summed E-state index contributed by atoms with van der Waals surface area (Å²) in [6.07, 6.45) is 0. The number of methoxy groups -OCH3 is 2. The van der Waals surface area contributed by atoms with Crippen LogP contribution >= 0.6 is 0 Å². The summed E-state index contributed by atoms with van der Waals surface area (Å²) in [4.78, 5) is 16.5. The van der Waals surface area contributed by atoms with Crippen LogP contribution in [0.1, 0.15) is 0 Å². The normalized spacial score (nSPS) is 10.7. The number of ether oxygens (including phenoxy) is 2. The van der Waals surface area contributed by atoms with Gasteiger partial charge in [0.15, 0.2) is 5.76 Å². The number of pyridine rings is 1. The van der Waals surface area contributed by atoms with Gasteiger partial charge < -0.3 is 19.0 Å². The van der Waals surface area contributed by atoms with Crippen LogP contribution in [0.5, 0.6) is 17.5 Å². The minimum Gasteiger partial charge on any atom is -0.502 e. The van der Waals surface area contributed by atoms with Crippen LogP contribution in [-0.2, 0) is 0 Å². The highest BCUT2D eigenvalue weighted by molar-refractivity contribution is 6.32. The maximum atomic E-state index is 12.5. The Bertz CT molecular complexity index is 934. The Kier molecular flexibility index (Phi) is 3.69. The first kappa shape index (κ1) is 15.0. The molecular formula is C16H12BNO5. The lowest BCUT2D eigenvalue weighted by Gasteiger charge is -2.09. The largest absolute Gasteiger partial charge is 0.502 e. The summed E-state index contributed by atoms with van der Waals surface area (Å²) in [6, 6.07) is 8.04. The monoisotopic (exact) mass is 309 g/mol. The molecule has 3 aromatic rings. The zero-order chi connectivity index (χ0) is 16.6. The average molecular weight is 309 g/mol. The molecule has 3 rings (SSSR count). The molecule has 6 nitrogen and oxygen atoms in total. The molecule has 0 unspecified atom stereocenters. The van der Waals surface area contributed by atoms with Crippen molar-refractivity contribution in [1.29, 1.82) is 0 Å². The third-order valence-electron chi connectivity index (χ3n) is 3.37. The van der Waals surface area contributed by atoms with E-state index in [0.29, 0.717) is 11.0 Å². The van der Waals surface area contributed by atoms with Gasteiger partial charge in [0, 0.05) is 11.6 Å². The first-order valence-corrected chi connectivity index (χ1v) is 6.70. The van der Waals surface area contributed by atoms with Crippen LogP contribution in [0, 0.1) is 0 Å². The summed E-state index contributed by atoms with van der Waals surface area (Å²) in [7, 11) is 8.45. The van der Waals surface area contributed by atoms with E-state index in [2.05, 4.69) is 4.98 Å². The van der Waals surface area contributed by atoms with Crippen molar-refractivity contribution in [2.45, 2.75) is 0 Å². The molecule has 0 aliphatic carbocycles. The zero-order valence-corrected chi connectivity index (χ0v) is 12.5. The molecule has 0 bridgehead atoms. The van der Waals surface area contributed by atoms with E-state index in [1.165, 1.54) is 20.3 Å². The fourth-order valence-electron chi connectivity index (χ4n) is 2.23. The second-order valence-corrected chi connectivity index (χ2v) is 4.78. The molecule has 1 aromatic carbocycles. The van der Waals surface area contributed by atoms with Crippen LogP contribution in [0.2, 0.25) is 0 Å². The Morgan fingerprint density at radius 1 is 1.17 bits per heavy atom. The predicted octanol–water partition coefficient (Wildman–Crippen LogP) is 1.37. The molecule has 0 amide bonds. The van der Waals surface area contributed by atoms with Gasteiger partial charge in [-0.2, -0.15) is 4.98 Å². The van der Waals surface area contributed by atoms with Crippen molar-refractivity contribution < 1.29 is 19.0 Å². The molecule has 2 radical (unpaired) electrons. The zero-order valence-electron chi connectivity index (χ0n) is 12.5. The van der Waals surface area contributed by atoms with Crippen molar-refractivity contribution in [3.8, 4) is 28.8 Å². The quantitative estimate of drug-likeness (QED) is 0.736. The van der Waals surface area contributed by atoms with Crippen LogP contribution in [0.4, 0.5) is 0 Å². The second kappa shape index (κ2) is 5.68. The van der Waals surface area contributed by atoms with Crippen molar-refractivity contribution in [2.24, 2.45) is 0 Å². The Hall–Kier alpha value is -2.96. The molecule has 2 heterocycles. The van der Waals surface area contributed by atoms with Gasteiger partial charge in [-0.25, -0.2) is 0 Å². The number of nitrogens with zero attached hydrogens (tertiary/aromatic N) is 1. The van der Waals surface area contributed by atoms with Crippen molar-refractivity contribution >= 4 is 24.3 Å². The summed E-state index contributed by atoms with van der Waals surface area (Å²) in [6.45, 7) is 0. The van der Waals surface area contributed by atoms with Gasteiger partial charge in [-0.3, -0.25) is 4.79 Å². The Balaban J connectivity index is 2.35. The molecule has 0 fully saturated rings. The van der Waals surface area contributed by atoms with Gasteiger partial charge in [-0.1, -0.05) is 29.7 Å². The Morgan fingerprint density at radius 3 is 2.48 bits per heavy atom. The average Bonchev–Trinajstić information content (AvgIpc) is 2.57. The van der Waals surface area contributed by atoms with E-state index >= 15 is 0 Å². The molecule has 0 aliphatic heterocycles. The van der Waals surface area contributed by atoms with Crippen LogP contribution in [0.3, 0.4) is 0 Å². The van der Waals surface area contributed by atoms with Crippen LogP contribution < -0.4 is 20.4 Å². The number of aromatic hydroxyl groups is 1. The molecule has 0 aliphatic rings. The summed E-state index contributed by atoms with van der Waals surface area (Å²) in [5.74, 6) is -0.232. The van der Waals surface area contributed by atoms with E-state index < -0.39 is 11.2 Å². The number of rotatable bonds is 3. The topological polar surface area (TPSA) is 81.8 Å². The predicted molar refractivity (Wildman–Crippen MR) is 85.9 cm³/mol. The number of hydrogen-bond donors (Lipinski definition) is 1. The number of hydrogen-bond acceptors (Lipinski definition) is 6. The van der Waals surface area contributed by atoms with Gasteiger partial charge in [-0.15, -0.1) is 0 Å². The van der Waals surface area contributed by atoms with E-state index in [0.717, 1.165) is 0 Å². The molecule has 1 N–H and O–H groups in total. The first-order valence-electron chi connectivity index (χ1n) is 6.70. The highest BCUT2D eigenvalue weighted by Crippen LogP contribution is 2.33. The molecule has 23 heavy (non-hydrogen) atoms. The SMILES string of the molecule is [B]c1ccc(-c2oc3cc(OC)nc(OC)c3c(=O)c2O)cc1. The Labute approximate surface area is 132 Å². The smallest absolute Gasteiger partial charge is 0.240 e. The van der Waals surface area contributed by atoms with Crippen molar-refractivity contribution in [3.63, 3.8) is 0 Å². The minimum atomic E-state index is -0.634. The number of aromatic nitrogens is 1. The summed E-state index contributed by atoms with van der Waals surface area (Å²) < 4.78 is 15.8. The second-order valence-electron chi connectivity index (χ2n) is 4.78. The molecule has 7 heteroatoms. The van der Waals surface area contributed by atoms with Crippen molar-refractivity contribution in [2.75, 3.05) is 14.2 Å². The molecule has 0 atom stereocenters. The van der Waals surface area contributed by atoms with Gasteiger partial charge >= 0.3 is 0 Å². The van der Waals surface area contributed by atoms with E-state index in [-0.39, 0.29) is 28.5 Å². The van der Waals surface area contributed by atoms with E-state index in [1.54, 1.807) is 24.3 Å². The third-order valence-corrected chi connectivity index (χ3v) is 3.37. The van der Waals surface area contributed by atoms with E-state index in [4.69, 9.17) is 21.7 Å². The standard InChI is InChI=1S/C16H12BNO5/c1-21-11-7-10-12(16(18-11)22-2)13(19)14(20)15(23-10)8-3-5-9(17)6-4-8/h3-7,20H,1-2H3. The first-order chi connectivity index (χ1) is 11.0. The molecule has 0 saturated heterocycles. The number of fused-ring (bicyclic) bond motifs is 1. The summed E-state index contributed by atoms with van der Waals surface area (Å²) in [5.41, 5.74) is 0.641. The van der Waals surface area contributed by atoms with Gasteiger partial charge in [0.1, 0.15) is 18.8 Å². The third kappa shape index (κ3) is 2.50. The maximum Gasteiger partial charge on any atom is 0.240 e. The Morgan fingerprint density at radius 2 is 1.87 bits per heavy atom. The summed E-state index contributed by atoms with van der Waals surface area (Å²) in [5, 5.41) is 10.3. The lowest BCUT2D eigenvalue weighted by molar-refractivity contribution is 0.366. The fourth-order valence-corrected chi connectivity index (χ4v) is 2.23. The van der Waals surface area contributed by atoms with Crippen LogP contribution in [0.25, 0.3) is 22.3 Å². The number of benzene rings is 1. The van der Waals surface area contributed by atoms with Crippen LogP contribution in [0.15, 0.2) is 39.5 Å². The molecular weight excluding hydrogens is 297 g/mol. The lowest BCUT2D eigenvalue weighted by Crippen LogP contribution is -2.07. The minimum absolute atomic E-state index is 0.0206. The molecule has 2 aromatic heterocycles. The fraction of sp³-hybridized carbons (Fsp3) is 0.125. The maximum absolute atomic E-state index is 12.5. The van der Waals surface area contributed by atoms with Gasteiger partial charge in [-0.05, 0) is 0 Å². The van der Waals surface area contributed by atoms with Gasteiger partial charge in [0.25, 0.3) is 0 Å². The van der Waals surface area contributed by atoms with Crippen molar-refractivity contribution in [1.82, 2.24) is 4.98 Å². The molecule has 0 spiro atoms. The highest BCUT2D eigenvalue weighted by atomic mass is 16.5. The van der Waals surface area contributed by atoms with Gasteiger partial charge in [0.05, 0.1) is 14.2 Å². The highest BCUT2D eigenvalue weighted by Gasteiger charge is 2.20. The molecule has 0 saturated carbocycles. The summed E-state index contributed by atoms with van der Waals surface area (Å²) >= 11 is 0. The lowest BCUT2D eigenvalue weighted by atomic mass is 9.95. The molecule has 114 valence electrons. The van der Waals surface area contributed by atoms with E-state index in [9.17, 15) is 9.90 Å². The van der Waals surface area contributed by atoms with Crippen LogP contribution in [-0.4, -0.2) is 32.2 Å². The van der Waals surface area contributed by atoms with E-state index in [1.807, 2.05) is 0 Å². The van der Waals surface area contributed by atoms with Crippen molar-refractivity contribution in [3.05, 3.63) is 40.6 Å². The van der Waals surface area contributed by atoms with Gasteiger partial charge in [0.2, 0.25) is 22.9 Å².